The molecule has 0 unspecified atom stereocenters. The van der Waals surface area contributed by atoms with Crippen LogP contribution in [-0.4, -0.2) is 22.0 Å². The quantitative estimate of drug-likeness (QED) is 0.483. The average Bonchev–Trinajstić information content (AvgIpc) is 3.39. The van der Waals surface area contributed by atoms with E-state index < -0.39 is 0 Å². The summed E-state index contributed by atoms with van der Waals surface area (Å²) in [6.07, 6.45) is 7.94. The SMILES string of the molecule is CCCNC(=O)N1Cc2c(sc3c2CCCC3)-n2cccc2[C@@H]1c1ccc(C(C)C)cc1. The van der Waals surface area contributed by atoms with Gasteiger partial charge in [-0.15, -0.1) is 11.3 Å². The van der Waals surface area contributed by atoms with Gasteiger partial charge in [0.15, 0.2) is 0 Å². The Hall–Kier alpha value is -2.53. The summed E-state index contributed by atoms with van der Waals surface area (Å²) in [5, 5.41) is 4.48. The summed E-state index contributed by atoms with van der Waals surface area (Å²) in [6, 6.07) is 13.1. The molecule has 168 valence electrons. The fourth-order valence-corrected chi connectivity index (χ4v) is 6.54. The van der Waals surface area contributed by atoms with Crippen molar-refractivity contribution in [3.8, 4) is 5.00 Å². The molecule has 1 aliphatic carbocycles. The molecule has 0 spiro atoms. The third kappa shape index (κ3) is 3.66. The van der Waals surface area contributed by atoms with E-state index in [9.17, 15) is 4.79 Å². The zero-order chi connectivity index (χ0) is 22.2. The van der Waals surface area contributed by atoms with E-state index >= 15 is 0 Å². The molecule has 0 saturated heterocycles. The van der Waals surface area contributed by atoms with Gasteiger partial charge in [0.25, 0.3) is 0 Å². The van der Waals surface area contributed by atoms with E-state index in [4.69, 9.17) is 0 Å². The predicted octanol–water partition coefficient (Wildman–Crippen LogP) is 6.57. The molecule has 0 radical (unpaired) electrons. The van der Waals surface area contributed by atoms with Crippen LogP contribution in [0.4, 0.5) is 4.79 Å². The molecule has 1 aliphatic heterocycles. The van der Waals surface area contributed by atoms with E-state index in [2.05, 4.69) is 78.2 Å². The third-order valence-electron chi connectivity index (χ3n) is 6.88. The van der Waals surface area contributed by atoms with Crippen LogP contribution < -0.4 is 5.32 Å². The number of benzene rings is 1. The summed E-state index contributed by atoms with van der Waals surface area (Å²) in [7, 11) is 0. The molecular formula is C27H33N3OS. The maximum Gasteiger partial charge on any atom is 0.318 e. The molecular weight excluding hydrogens is 414 g/mol. The molecule has 5 heteroatoms. The van der Waals surface area contributed by atoms with E-state index in [1.54, 1.807) is 0 Å². The zero-order valence-electron chi connectivity index (χ0n) is 19.4. The molecule has 0 bridgehead atoms. The Morgan fingerprint density at radius 1 is 1.12 bits per heavy atom. The van der Waals surface area contributed by atoms with Gasteiger partial charge >= 0.3 is 6.03 Å². The van der Waals surface area contributed by atoms with Crippen LogP contribution in [0.25, 0.3) is 5.00 Å². The van der Waals surface area contributed by atoms with Crippen molar-refractivity contribution in [2.75, 3.05) is 6.54 Å². The maximum atomic E-state index is 13.5. The van der Waals surface area contributed by atoms with Crippen LogP contribution in [0.15, 0.2) is 42.6 Å². The molecule has 2 amide bonds. The fraction of sp³-hybridized carbons (Fsp3) is 0.444. The number of urea groups is 1. The highest BCUT2D eigenvalue weighted by Crippen LogP contribution is 2.44. The topological polar surface area (TPSA) is 37.3 Å². The number of amides is 2. The van der Waals surface area contributed by atoms with Crippen LogP contribution in [0, 0.1) is 0 Å². The number of rotatable bonds is 4. The van der Waals surface area contributed by atoms with Crippen molar-refractivity contribution in [2.24, 2.45) is 0 Å². The minimum absolute atomic E-state index is 0.0288. The molecule has 1 aromatic carbocycles. The molecule has 5 rings (SSSR count). The lowest BCUT2D eigenvalue weighted by molar-refractivity contribution is 0.180. The second kappa shape index (κ2) is 8.78. The Morgan fingerprint density at radius 3 is 2.66 bits per heavy atom. The van der Waals surface area contributed by atoms with Gasteiger partial charge in [-0.2, -0.15) is 0 Å². The zero-order valence-corrected chi connectivity index (χ0v) is 20.2. The summed E-state index contributed by atoms with van der Waals surface area (Å²) >= 11 is 1.94. The van der Waals surface area contributed by atoms with Crippen LogP contribution >= 0.6 is 11.3 Å². The molecule has 1 N–H and O–H groups in total. The smallest absolute Gasteiger partial charge is 0.318 e. The monoisotopic (exact) mass is 447 g/mol. The van der Waals surface area contributed by atoms with Crippen LogP contribution in [0.2, 0.25) is 0 Å². The van der Waals surface area contributed by atoms with Crippen molar-refractivity contribution in [3.63, 3.8) is 0 Å². The number of nitrogens with zero attached hydrogens (tertiary/aromatic N) is 2. The van der Waals surface area contributed by atoms with Crippen LogP contribution in [-0.2, 0) is 19.4 Å². The lowest BCUT2D eigenvalue weighted by atomic mass is 9.94. The highest BCUT2D eigenvalue weighted by atomic mass is 32.1. The second-order valence-corrected chi connectivity index (χ2v) is 10.5. The molecule has 4 nitrogen and oxygen atoms in total. The molecule has 0 fully saturated rings. The molecule has 2 aromatic heterocycles. The number of aromatic nitrogens is 1. The normalized spacial score (nSPS) is 17.5. The summed E-state index contributed by atoms with van der Waals surface area (Å²) in [6.45, 7) is 7.90. The van der Waals surface area contributed by atoms with Crippen molar-refractivity contribution < 1.29 is 4.79 Å². The van der Waals surface area contributed by atoms with E-state index in [1.165, 1.54) is 57.1 Å². The molecule has 1 atom stereocenters. The van der Waals surface area contributed by atoms with Gasteiger partial charge in [-0.3, -0.25) is 0 Å². The standard InChI is InChI=1S/C27H33N3OS/c1-4-15-28-27(31)30-17-22-21-8-5-6-10-24(21)32-26(22)29-16-7-9-23(29)25(30)20-13-11-19(12-14-20)18(2)3/h7,9,11-14,16,18,25H,4-6,8,10,15,17H2,1-3H3,(H,28,31)/t25-/m0/s1. The fourth-order valence-electron chi connectivity index (χ4n) is 5.13. The number of carbonyl (C=O) groups excluding carboxylic acids is 1. The van der Waals surface area contributed by atoms with Crippen molar-refractivity contribution in [1.82, 2.24) is 14.8 Å². The van der Waals surface area contributed by atoms with Crippen LogP contribution in [0.3, 0.4) is 0 Å². The van der Waals surface area contributed by atoms with Gasteiger partial charge in [-0.05, 0) is 66.8 Å². The van der Waals surface area contributed by atoms with E-state index in [0.717, 1.165) is 12.8 Å². The Morgan fingerprint density at radius 2 is 1.91 bits per heavy atom. The van der Waals surface area contributed by atoms with E-state index in [-0.39, 0.29) is 12.1 Å². The lowest BCUT2D eigenvalue weighted by Crippen LogP contribution is -2.42. The Balaban J connectivity index is 1.65. The highest BCUT2D eigenvalue weighted by Gasteiger charge is 2.35. The first-order valence-corrected chi connectivity index (χ1v) is 12.9. The number of carbonyl (C=O) groups is 1. The number of fused-ring (bicyclic) bond motifs is 5. The molecule has 2 aliphatic rings. The Bertz CT molecular complexity index is 1110. The van der Waals surface area contributed by atoms with Crippen LogP contribution in [0.1, 0.15) is 84.8 Å². The van der Waals surface area contributed by atoms with Gasteiger partial charge in [0.05, 0.1) is 18.3 Å². The first-order chi connectivity index (χ1) is 15.6. The molecule has 32 heavy (non-hydrogen) atoms. The number of thiophene rings is 1. The minimum Gasteiger partial charge on any atom is -0.338 e. The van der Waals surface area contributed by atoms with Crippen molar-refractivity contribution >= 4 is 17.4 Å². The first-order valence-electron chi connectivity index (χ1n) is 12.0. The first kappa shape index (κ1) is 21.3. The van der Waals surface area contributed by atoms with Crippen molar-refractivity contribution in [1.29, 1.82) is 0 Å². The number of hydrogen-bond acceptors (Lipinski definition) is 2. The van der Waals surface area contributed by atoms with Gasteiger partial charge in [-0.25, -0.2) is 4.79 Å². The molecule has 0 saturated carbocycles. The minimum atomic E-state index is -0.109. The summed E-state index contributed by atoms with van der Waals surface area (Å²) in [5.41, 5.74) is 6.53. The van der Waals surface area contributed by atoms with Crippen LogP contribution in [0.5, 0.6) is 0 Å². The number of aryl methyl sites for hydroxylation is 1. The van der Waals surface area contributed by atoms with Gasteiger partial charge in [0, 0.05) is 23.2 Å². The average molecular weight is 448 g/mol. The molecule has 3 aromatic rings. The van der Waals surface area contributed by atoms with Gasteiger partial charge in [0.1, 0.15) is 5.00 Å². The Labute approximate surface area is 195 Å². The summed E-state index contributed by atoms with van der Waals surface area (Å²) in [5.74, 6) is 0.490. The maximum absolute atomic E-state index is 13.5. The van der Waals surface area contributed by atoms with Crippen molar-refractivity contribution in [3.05, 3.63) is 75.4 Å². The molecule has 3 heterocycles. The van der Waals surface area contributed by atoms with E-state index in [0.29, 0.717) is 19.0 Å². The highest BCUT2D eigenvalue weighted by molar-refractivity contribution is 7.15. The van der Waals surface area contributed by atoms with E-state index in [1.807, 2.05) is 11.3 Å². The van der Waals surface area contributed by atoms with Crippen molar-refractivity contribution in [2.45, 2.75) is 71.4 Å². The Kier molecular flexibility index (Phi) is 5.85. The lowest BCUT2D eigenvalue weighted by Gasteiger charge is -2.31. The number of nitrogens with one attached hydrogen (secondary N) is 1. The van der Waals surface area contributed by atoms with Gasteiger partial charge in [-0.1, -0.05) is 45.0 Å². The predicted molar refractivity (Wildman–Crippen MR) is 132 cm³/mol. The summed E-state index contributed by atoms with van der Waals surface area (Å²) < 4.78 is 2.35. The summed E-state index contributed by atoms with van der Waals surface area (Å²) in [4.78, 5) is 17.1. The second-order valence-electron chi connectivity index (χ2n) is 9.38. The van der Waals surface area contributed by atoms with Gasteiger partial charge in [0.2, 0.25) is 0 Å². The third-order valence-corrected chi connectivity index (χ3v) is 8.22. The van der Waals surface area contributed by atoms with Gasteiger partial charge < -0.3 is 14.8 Å². The largest absolute Gasteiger partial charge is 0.338 e. The number of hydrogen-bond donors (Lipinski definition) is 1.